The fraction of sp³-hybridized carbons (Fsp3) is 0. The summed E-state index contributed by atoms with van der Waals surface area (Å²) in [7, 11) is 0. The van der Waals surface area contributed by atoms with Crippen molar-refractivity contribution in [2.45, 2.75) is 0 Å². The summed E-state index contributed by atoms with van der Waals surface area (Å²) in [6.45, 7) is 0. The summed E-state index contributed by atoms with van der Waals surface area (Å²) in [6, 6.07) is 76.4. The first-order chi connectivity index (χ1) is 27.8. The smallest absolute Gasteiger partial charge is 0.143 e. The van der Waals surface area contributed by atoms with Crippen LogP contribution in [0.15, 0.2) is 217 Å². The van der Waals surface area contributed by atoms with Crippen molar-refractivity contribution in [2.75, 3.05) is 4.90 Å². The lowest BCUT2D eigenvalue weighted by molar-refractivity contribution is 0.670. The predicted octanol–water partition coefficient (Wildman–Crippen LogP) is 15.5. The highest BCUT2D eigenvalue weighted by Crippen LogP contribution is 2.42. The van der Waals surface area contributed by atoms with Gasteiger partial charge in [0.25, 0.3) is 0 Å². The molecule has 0 saturated carbocycles. The van der Waals surface area contributed by atoms with Gasteiger partial charge in [-0.1, -0.05) is 170 Å². The first-order valence-electron chi connectivity index (χ1n) is 19.2. The highest BCUT2D eigenvalue weighted by atomic mass is 16.3. The van der Waals surface area contributed by atoms with Crippen molar-refractivity contribution in [2.24, 2.45) is 0 Å². The van der Waals surface area contributed by atoms with Crippen molar-refractivity contribution in [3.63, 3.8) is 0 Å². The van der Waals surface area contributed by atoms with E-state index in [1.165, 1.54) is 54.6 Å². The topological polar surface area (TPSA) is 16.4 Å². The van der Waals surface area contributed by atoms with Gasteiger partial charge in [0.2, 0.25) is 0 Å². The molecule has 0 spiro atoms. The van der Waals surface area contributed by atoms with Crippen LogP contribution in [0.1, 0.15) is 0 Å². The quantitative estimate of drug-likeness (QED) is 0.160. The third kappa shape index (κ3) is 5.34. The Morgan fingerprint density at radius 2 is 0.893 bits per heavy atom. The summed E-state index contributed by atoms with van der Waals surface area (Å²) in [5.74, 6) is 0. The molecule has 0 aliphatic carbocycles. The van der Waals surface area contributed by atoms with E-state index >= 15 is 0 Å². The van der Waals surface area contributed by atoms with Crippen molar-refractivity contribution in [3.05, 3.63) is 212 Å². The highest BCUT2D eigenvalue weighted by Gasteiger charge is 2.17. The number of rotatable bonds is 6. The van der Waals surface area contributed by atoms with E-state index in [1.807, 2.05) is 12.1 Å². The summed E-state index contributed by atoms with van der Waals surface area (Å²) in [5, 5.41) is 9.90. The van der Waals surface area contributed by atoms with Gasteiger partial charge in [-0.05, 0) is 103 Å². The molecule has 0 aliphatic rings. The third-order valence-corrected chi connectivity index (χ3v) is 11.3. The summed E-state index contributed by atoms with van der Waals surface area (Å²) >= 11 is 0. The molecule has 0 saturated heterocycles. The molecule has 2 nitrogen and oxygen atoms in total. The molecule has 0 amide bonds. The van der Waals surface area contributed by atoms with Gasteiger partial charge in [0.1, 0.15) is 11.2 Å². The lowest BCUT2D eigenvalue weighted by Crippen LogP contribution is -2.10. The van der Waals surface area contributed by atoms with Gasteiger partial charge >= 0.3 is 0 Å². The lowest BCUT2D eigenvalue weighted by Gasteiger charge is -2.26. The molecule has 0 aliphatic heterocycles. The zero-order valence-corrected chi connectivity index (χ0v) is 30.6. The number of furan rings is 1. The van der Waals surface area contributed by atoms with Crippen molar-refractivity contribution in [1.29, 1.82) is 0 Å². The minimum Gasteiger partial charge on any atom is -0.455 e. The van der Waals surface area contributed by atoms with E-state index < -0.39 is 0 Å². The minimum absolute atomic E-state index is 0.907. The van der Waals surface area contributed by atoms with Gasteiger partial charge in [0.15, 0.2) is 0 Å². The average Bonchev–Trinajstić information content (AvgIpc) is 3.66. The van der Waals surface area contributed by atoms with E-state index in [9.17, 15) is 0 Å². The van der Waals surface area contributed by atoms with Gasteiger partial charge in [0.05, 0.1) is 0 Å². The normalized spacial score (nSPS) is 11.6. The Morgan fingerprint density at radius 3 is 1.71 bits per heavy atom. The SMILES string of the molecule is c1ccc(-c2cccc(N(c3ccc(-c4cccc5c4oc4ccccc45)cc3)c3ccc(-c4cccc5ccc6c7ccccc7ccc6c45)cc3)c2)cc1. The summed E-state index contributed by atoms with van der Waals surface area (Å²) < 4.78 is 6.42. The van der Waals surface area contributed by atoms with Crippen molar-refractivity contribution < 1.29 is 4.42 Å². The molecule has 0 fully saturated rings. The molecule has 2 heteroatoms. The van der Waals surface area contributed by atoms with Crippen molar-refractivity contribution in [3.8, 4) is 33.4 Å². The number of fused-ring (bicyclic) bond motifs is 8. The molecule has 1 heterocycles. The molecule has 0 bridgehead atoms. The Morgan fingerprint density at radius 1 is 0.304 bits per heavy atom. The first kappa shape index (κ1) is 32.0. The molecule has 0 N–H and O–H groups in total. The molecule has 262 valence electrons. The van der Waals surface area contributed by atoms with Crippen LogP contribution >= 0.6 is 0 Å². The van der Waals surface area contributed by atoms with Crippen LogP contribution in [-0.4, -0.2) is 0 Å². The zero-order chi connectivity index (χ0) is 37.0. The number of benzene rings is 10. The van der Waals surface area contributed by atoms with Crippen LogP contribution < -0.4 is 4.90 Å². The Hall–Kier alpha value is -7.42. The Balaban J connectivity index is 1.03. The van der Waals surface area contributed by atoms with E-state index in [-0.39, 0.29) is 0 Å². The maximum absolute atomic E-state index is 6.42. The van der Waals surface area contributed by atoms with Gasteiger partial charge in [-0.2, -0.15) is 0 Å². The summed E-state index contributed by atoms with van der Waals surface area (Å²) in [6.07, 6.45) is 0. The van der Waals surface area contributed by atoms with Gasteiger partial charge in [0, 0.05) is 33.4 Å². The van der Waals surface area contributed by atoms with Crippen LogP contribution in [0.25, 0.3) is 87.6 Å². The Kier molecular flexibility index (Phi) is 7.53. The molecule has 56 heavy (non-hydrogen) atoms. The molecule has 0 unspecified atom stereocenters. The zero-order valence-electron chi connectivity index (χ0n) is 30.6. The van der Waals surface area contributed by atoms with Gasteiger partial charge in [-0.15, -0.1) is 0 Å². The van der Waals surface area contributed by atoms with E-state index in [2.05, 4.69) is 205 Å². The molecular weight excluding hydrogens is 679 g/mol. The minimum atomic E-state index is 0.907. The second-order valence-corrected chi connectivity index (χ2v) is 14.5. The van der Waals surface area contributed by atoms with E-state index in [1.54, 1.807) is 0 Å². The molecule has 11 rings (SSSR count). The second kappa shape index (κ2) is 13.2. The lowest BCUT2D eigenvalue weighted by atomic mass is 9.91. The number of anilines is 3. The van der Waals surface area contributed by atoms with Crippen molar-refractivity contribution in [1.82, 2.24) is 0 Å². The molecule has 11 aromatic rings. The maximum Gasteiger partial charge on any atom is 0.143 e. The third-order valence-electron chi connectivity index (χ3n) is 11.3. The number of nitrogens with zero attached hydrogens (tertiary/aromatic N) is 1. The molecular formula is C54H35NO. The predicted molar refractivity (Wildman–Crippen MR) is 237 cm³/mol. The standard InChI is InChI=1S/C54H35NO/c1-2-11-36(12-3-1)41-15-8-16-44(35-41)55(43-31-25-39(26-32-43)47-20-10-21-51-49-18-6-7-22-52(49)56-54(47)51)42-29-23-38(24-30-42)46-19-9-14-40-28-33-48-45-17-5-4-13-37(45)27-34-50(48)53(40)46/h1-35H. The van der Waals surface area contributed by atoms with Crippen LogP contribution in [0.3, 0.4) is 0 Å². The van der Waals surface area contributed by atoms with E-state index in [4.69, 9.17) is 4.42 Å². The van der Waals surface area contributed by atoms with Crippen LogP contribution in [0.2, 0.25) is 0 Å². The largest absolute Gasteiger partial charge is 0.455 e. The van der Waals surface area contributed by atoms with Gasteiger partial charge in [-0.3, -0.25) is 0 Å². The summed E-state index contributed by atoms with van der Waals surface area (Å²) in [4.78, 5) is 2.35. The maximum atomic E-state index is 6.42. The number of hydrogen-bond donors (Lipinski definition) is 0. The number of para-hydroxylation sites is 2. The molecule has 0 atom stereocenters. The molecule has 1 aromatic heterocycles. The summed E-state index contributed by atoms with van der Waals surface area (Å²) in [5.41, 5.74) is 12.1. The molecule has 10 aromatic carbocycles. The van der Waals surface area contributed by atoms with E-state index in [0.717, 1.165) is 50.1 Å². The Labute approximate surface area is 325 Å². The monoisotopic (exact) mass is 713 g/mol. The van der Waals surface area contributed by atoms with Crippen LogP contribution in [0.4, 0.5) is 17.1 Å². The average molecular weight is 714 g/mol. The van der Waals surface area contributed by atoms with E-state index in [0.29, 0.717) is 0 Å². The van der Waals surface area contributed by atoms with Crippen molar-refractivity contribution >= 4 is 71.3 Å². The first-order valence-corrected chi connectivity index (χ1v) is 19.2. The fourth-order valence-corrected chi connectivity index (χ4v) is 8.57. The van der Waals surface area contributed by atoms with Crippen LogP contribution in [0, 0.1) is 0 Å². The Bertz CT molecular complexity index is 3230. The number of hydrogen-bond acceptors (Lipinski definition) is 2. The van der Waals surface area contributed by atoms with Crippen LogP contribution in [-0.2, 0) is 0 Å². The fourth-order valence-electron chi connectivity index (χ4n) is 8.57. The van der Waals surface area contributed by atoms with Gasteiger partial charge < -0.3 is 9.32 Å². The van der Waals surface area contributed by atoms with Gasteiger partial charge in [-0.25, -0.2) is 0 Å². The second-order valence-electron chi connectivity index (χ2n) is 14.5. The molecule has 0 radical (unpaired) electrons. The highest BCUT2D eigenvalue weighted by molar-refractivity contribution is 6.21. The van der Waals surface area contributed by atoms with Crippen LogP contribution in [0.5, 0.6) is 0 Å².